The van der Waals surface area contributed by atoms with Gasteiger partial charge in [-0.05, 0) is 24.6 Å². The average molecular weight is 281 g/mol. The minimum Gasteiger partial charge on any atom is -0.308 e. The minimum atomic E-state index is -0.578. The van der Waals surface area contributed by atoms with Gasteiger partial charge in [-0.1, -0.05) is 36.4 Å². The highest BCUT2D eigenvalue weighted by Crippen LogP contribution is 2.32. The van der Waals surface area contributed by atoms with Gasteiger partial charge in [0.1, 0.15) is 11.9 Å². The lowest BCUT2D eigenvalue weighted by Gasteiger charge is -2.19. The molecule has 3 amide bonds. The lowest BCUT2D eigenvalue weighted by atomic mass is 10.1. The smallest absolute Gasteiger partial charge is 0.308 e. The molecule has 0 radical (unpaired) electrons. The SMILES string of the molecule is CCN1C(=O)N(c2ccccn2)C(=O)C1c1ccccc1. The number of carbonyl (C=O) groups is 2. The molecule has 0 spiro atoms. The van der Waals surface area contributed by atoms with Gasteiger partial charge >= 0.3 is 6.03 Å². The standard InChI is InChI=1S/C16H15N3O2/c1-2-18-14(12-8-4-3-5-9-12)15(20)19(16(18)21)13-10-6-7-11-17-13/h3-11,14H,2H2,1H3. The Kier molecular flexibility index (Phi) is 3.39. The summed E-state index contributed by atoms with van der Waals surface area (Å²) in [5.41, 5.74) is 0.816. The maximum Gasteiger partial charge on any atom is 0.333 e. The number of anilines is 1. The predicted molar refractivity (Wildman–Crippen MR) is 78.7 cm³/mol. The summed E-state index contributed by atoms with van der Waals surface area (Å²) in [5, 5.41) is 0. The molecule has 3 rings (SSSR count). The Bertz CT molecular complexity index is 658. The summed E-state index contributed by atoms with van der Waals surface area (Å²) in [6.07, 6.45) is 1.57. The summed E-state index contributed by atoms with van der Waals surface area (Å²) in [4.78, 5) is 32.1. The number of imide groups is 1. The second-order valence-corrected chi connectivity index (χ2v) is 4.74. The van der Waals surface area contributed by atoms with Crippen LogP contribution in [0.25, 0.3) is 0 Å². The van der Waals surface area contributed by atoms with Crippen LogP contribution in [-0.2, 0) is 4.79 Å². The van der Waals surface area contributed by atoms with Crippen molar-refractivity contribution in [2.75, 3.05) is 11.4 Å². The zero-order valence-electron chi connectivity index (χ0n) is 11.6. The molecular weight excluding hydrogens is 266 g/mol. The summed E-state index contributed by atoms with van der Waals surface area (Å²) in [6.45, 7) is 2.33. The molecule has 1 saturated heterocycles. The van der Waals surface area contributed by atoms with Crippen LogP contribution < -0.4 is 4.90 Å². The fourth-order valence-electron chi connectivity index (χ4n) is 2.56. The Balaban J connectivity index is 2.03. The van der Waals surface area contributed by atoms with E-state index in [0.29, 0.717) is 12.4 Å². The van der Waals surface area contributed by atoms with Crippen LogP contribution in [0.3, 0.4) is 0 Å². The van der Waals surface area contributed by atoms with E-state index in [9.17, 15) is 9.59 Å². The van der Waals surface area contributed by atoms with E-state index < -0.39 is 6.04 Å². The van der Waals surface area contributed by atoms with Crippen LogP contribution >= 0.6 is 0 Å². The Labute approximate surface area is 122 Å². The van der Waals surface area contributed by atoms with Crippen molar-refractivity contribution in [3.05, 3.63) is 60.3 Å². The Morgan fingerprint density at radius 2 is 1.76 bits per heavy atom. The zero-order valence-corrected chi connectivity index (χ0v) is 11.6. The fraction of sp³-hybridized carbons (Fsp3) is 0.188. The molecule has 1 fully saturated rings. The van der Waals surface area contributed by atoms with Crippen LogP contribution in [0.2, 0.25) is 0 Å². The van der Waals surface area contributed by atoms with Gasteiger partial charge in [0.25, 0.3) is 5.91 Å². The summed E-state index contributed by atoms with van der Waals surface area (Å²) >= 11 is 0. The highest BCUT2D eigenvalue weighted by atomic mass is 16.2. The molecule has 1 aromatic carbocycles. The van der Waals surface area contributed by atoms with Crippen molar-refractivity contribution >= 4 is 17.8 Å². The number of rotatable bonds is 3. The van der Waals surface area contributed by atoms with Gasteiger partial charge in [-0.25, -0.2) is 14.7 Å². The minimum absolute atomic E-state index is 0.258. The average Bonchev–Trinajstić information content (AvgIpc) is 2.79. The van der Waals surface area contributed by atoms with E-state index >= 15 is 0 Å². The molecular formula is C16H15N3O2. The molecule has 5 heteroatoms. The van der Waals surface area contributed by atoms with E-state index in [1.54, 1.807) is 29.3 Å². The van der Waals surface area contributed by atoms with Crippen molar-refractivity contribution in [1.29, 1.82) is 0 Å². The number of amides is 3. The van der Waals surface area contributed by atoms with Crippen LogP contribution in [0.1, 0.15) is 18.5 Å². The van der Waals surface area contributed by atoms with Gasteiger partial charge in [0.2, 0.25) is 0 Å². The van der Waals surface area contributed by atoms with Crippen LogP contribution in [0.15, 0.2) is 54.7 Å². The fourth-order valence-corrected chi connectivity index (χ4v) is 2.56. The van der Waals surface area contributed by atoms with Crippen LogP contribution in [0.4, 0.5) is 10.6 Å². The van der Waals surface area contributed by atoms with Crippen molar-refractivity contribution in [3.8, 4) is 0 Å². The summed E-state index contributed by atoms with van der Waals surface area (Å²) in [6, 6.07) is 13.6. The molecule has 1 aromatic heterocycles. The number of aromatic nitrogens is 1. The molecule has 1 unspecified atom stereocenters. The van der Waals surface area contributed by atoms with Crippen molar-refractivity contribution in [3.63, 3.8) is 0 Å². The van der Waals surface area contributed by atoms with Gasteiger partial charge in [-0.15, -0.1) is 0 Å². The number of nitrogens with zero attached hydrogens (tertiary/aromatic N) is 3. The van der Waals surface area contributed by atoms with Gasteiger partial charge in [0.15, 0.2) is 0 Å². The lowest BCUT2D eigenvalue weighted by Crippen LogP contribution is -2.33. The van der Waals surface area contributed by atoms with Gasteiger partial charge < -0.3 is 4.90 Å². The number of hydrogen-bond donors (Lipinski definition) is 0. The normalized spacial score (nSPS) is 18.4. The van der Waals surface area contributed by atoms with Gasteiger partial charge in [-0.3, -0.25) is 4.79 Å². The van der Waals surface area contributed by atoms with E-state index in [4.69, 9.17) is 0 Å². The first-order chi connectivity index (χ1) is 10.2. The monoisotopic (exact) mass is 281 g/mol. The topological polar surface area (TPSA) is 53.5 Å². The van der Waals surface area contributed by atoms with Crippen molar-refractivity contribution in [2.24, 2.45) is 0 Å². The summed E-state index contributed by atoms with van der Waals surface area (Å²) in [7, 11) is 0. The Morgan fingerprint density at radius 1 is 1.05 bits per heavy atom. The van der Waals surface area contributed by atoms with Gasteiger partial charge in [0.05, 0.1) is 0 Å². The Morgan fingerprint density at radius 3 is 2.38 bits per heavy atom. The third-order valence-electron chi connectivity index (χ3n) is 3.54. The number of pyridine rings is 1. The molecule has 2 aromatic rings. The molecule has 0 saturated carbocycles. The molecule has 0 bridgehead atoms. The molecule has 0 N–H and O–H groups in total. The number of hydrogen-bond acceptors (Lipinski definition) is 3. The first-order valence-electron chi connectivity index (χ1n) is 6.84. The largest absolute Gasteiger partial charge is 0.333 e. The van der Waals surface area contributed by atoms with Crippen LogP contribution in [0, 0.1) is 0 Å². The number of carbonyl (C=O) groups excluding carboxylic acids is 2. The molecule has 106 valence electrons. The van der Waals surface area contributed by atoms with Crippen LogP contribution in [-0.4, -0.2) is 28.4 Å². The zero-order chi connectivity index (χ0) is 14.8. The number of benzene rings is 1. The van der Waals surface area contributed by atoms with E-state index in [1.165, 1.54) is 0 Å². The number of likely N-dealkylation sites (N-methyl/N-ethyl adjacent to an activating group) is 1. The highest BCUT2D eigenvalue weighted by Gasteiger charge is 2.46. The van der Waals surface area contributed by atoms with E-state index in [-0.39, 0.29) is 11.9 Å². The molecule has 2 heterocycles. The van der Waals surface area contributed by atoms with Gasteiger partial charge in [-0.2, -0.15) is 0 Å². The third kappa shape index (κ3) is 2.16. The van der Waals surface area contributed by atoms with Gasteiger partial charge in [0, 0.05) is 12.7 Å². The molecule has 5 nitrogen and oxygen atoms in total. The number of urea groups is 1. The Hall–Kier alpha value is -2.69. The maximum atomic E-state index is 12.7. The molecule has 1 aliphatic rings. The maximum absolute atomic E-state index is 12.7. The summed E-state index contributed by atoms with van der Waals surface area (Å²) in [5.74, 6) is 0.108. The van der Waals surface area contributed by atoms with Crippen molar-refractivity contribution in [1.82, 2.24) is 9.88 Å². The first-order valence-corrected chi connectivity index (χ1v) is 6.84. The van der Waals surface area contributed by atoms with Crippen molar-refractivity contribution in [2.45, 2.75) is 13.0 Å². The lowest BCUT2D eigenvalue weighted by molar-refractivity contribution is -0.119. The molecule has 21 heavy (non-hydrogen) atoms. The molecule has 0 aliphatic carbocycles. The second kappa shape index (κ2) is 5.36. The quantitative estimate of drug-likeness (QED) is 0.813. The highest BCUT2D eigenvalue weighted by molar-refractivity contribution is 6.20. The van der Waals surface area contributed by atoms with E-state index in [0.717, 1.165) is 10.5 Å². The summed E-state index contributed by atoms with van der Waals surface area (Å²) < 4.78 is 0. The molecule has 1 atom stereocenters. The van der Waals surface area contributed by atoms with Crippen molar-refractivity contribution < 1.29 is 9.59 Å². The van der Waals surface area contributed by atoms with E-state index in [2.05, 4.69) is 4.98 Å². The predicted octanol–water partition coefficient (Wildman–Crippen LogP) is 2.61. The van der Waals surface area contributed by atoms with Crippen LogP contribution in [0.5, 0.6) is 0 Å². The third-order valence-corrected chi connectivity index (χ3v) is 3.54. The van der Waals surface area contributed by atoms with E-state index in [1.807, 2.05) is 37.3 Å². The molecule has 1 aliphatic heterocycles. The second-order valence-electron chi connectivity index (χ2n) is 4.74. The first kappa shape index (κ1) is 13.3.